The van der Waals surface area contributed by atoms with E-state index in [2.05, 4.69) is 9.97 Å². The number of hydrogen-bond acceptors (Lipinski definition) is 5. The SMILES string of the molecule is CCOc1ccc(-c2cc(C(=O)N(C)C)nc(N)n2)cc1. The molecule has 1 aromatic carbocycles. The number of ether oxygens (including phenoxy) is 1. The number of carbonyl (C=O) groups excluding carboxylic acids is 1. The van der Waals surface area contributed by atoms with E-state index in [0.717, 1.165) is 11.3 Å². The summed E-state index contributed by atoms with van der Waals surface area (Å²) >= 11 is 0. The summed E-state index contributed by atoms with van der Waals surface area (Å²) in [5.74, 6) is 0.649. The van der Waals surface area contributed by atoms with Gasteiger partial charge in [-0.25, -0.2) is 9.97 Å². The van der Waals surface area contributed by atoms with E-state index in [1.165, 1.54) is 4.90 Å². The van der Waals surface area contributed by atoms with Crippen molar-refractivity contribution in [3.05, 3.63) is 36.0 Å². The van der Waals surface area contributed by atoms with Gasteiger partial charge in [0.05, 0.1) is 12.3 Å². The van der Waals surface area contributed by atoms with Crippen LogP contribution in [0.1, 0.15) is 17.4 Å². The number of aromatic nitrogens is 2. The summed E-state index contributed by atoms with van der Waals surface area (Å²) in [6.45, 7) is 2.54. The zero-order valence-corrected chi connectivity index (χ0v) is 12.3. The normalized spacial score (nSPS) is 10.2. The minimum absolute atomic E-state index is 0.0755. The first kappa shape index (κ1) is 14.8. The van der Waals surface area contributed by atoms with Crippen LogP contribution >= 0.6 is 0 Å². The molecule has 0 saturated carbocycles. The lowest BCUT2D eigenvalue weighted by molar-refractivity contribution is 0.0822. The summed E-state index contributed by atoms with van der Waals surface area (Å²) in [6, 6.07) is 9.08. The fourth-order valence-electron chi connectivity index (χ4n) is 1.84. The molecular formula is C15H18N4O2. The van der Waals surface area contributed by atoms with Gasteiger partial charge in [0.2, 0.25) is 5.95 Å². The molecule has 0 atom stereocenters. The third kappa shape index (κ3) is 3.47. The van der Waals surface area contributed by atoms with Gasteiger partial charge in [-0.3, -0.25) is 4.79 Å². The molecule has 0 spiro atoms. The Morgan fingerprint density at radius 2 is 1.90 bits per heavy atom. The van der Waals surface area contributed by atoms with Crippen LogP contribution in [-0.2, 0) is 0 Å². The van der Waals surface area contributed by atoms with E-state index in [0.29, 0.717) is 12.3 Å². The van der Waals surface area contributed by atoms with Crippen molar-refractivity contribution in [2.75, 3.05) is 26.4 Å². The van der Waals surface area contributed by atoms with Crippen molar-refractivity contribution < 1.29 is 9.53 Å². The highest BCUT2D eigenvalue weighted by molar-refractivity contribution is 5.93. The predicted molar refractivity (Wildman–Crippen MR) is 81.1 cm³/mol. The van der Waals surface area contributed by atoms with Gasteiger partial charge >= 0.3 is 0 Å². The molecule has 0 saturated heterocycles. The summed E-state index contributed by atoms with van der Waals surface area (Å²) in [6.07, 6.45) is 0. The van der Waals surface area contributed by atoms with Gasteiger partial charge in [0.25, 0.3) is 5.91 Å². The van der Waals surface area contributed by atoms with Gasteiger partial charge in [0, 0.05) is 19.7 Å². The Balaban J connectivity index is 2.37. The Morgan fingerprint density at radius 1 is 1.24 bits per heavy atom. The molecule has 0 unspecified atom stereocenters. The van der Waals surface area contributed by atoms with Crippen molar-refractivity contribution in [1.29, 1.82) is 0 Å². The van der Waals surface area contributed by atoms with Crippen LogP contribution in [0.4, 0.5) is 5.95 Å². The van der Waals surface area contributed by atoms with Gasteiger partial charge in [-0.2, -0.15) is 0 Å². The van der Waals surface area contributed by atoms with Crippen LogP contribution in [0.25, 0.3) is 11.3 Å². The van der Waals surface area contributed by atoms with Gasteiger partial charge in [0.15, 0.2) is 0 Å². The topological polar surface area (TPSA) is 81.3 Å². The molecule has 2 N–H and O–H groups in total. The molecule has 0 fully saturated rings. The van der Waals surface area contributed by atoms with Gasteiger partial charge in [0.1, 0.15) is 11.4 Å². The van der Waals surface area contributed by atoms with Crippen molar-refractivity contribution in [1.82, 2.24) is 14.9 Å². The zero-order valence-electron chi connectivity index (χ0n) is 12.3. The highest BCUT2D eigenvalue weighted by Gasteiger charge is 2.13. The van der Waals surface area contributed by atoms with E-state index in [4.69, 9.17) is 10.5 Å². The molecule has 6 heteroatoms. The van der Waals surface area contributed by atoms with Crippen LogP contribution < -0.4 is 10.5 Å². The molecule has 6 nitrogen and oxygen atoms in total. The van der Waals surface area contributed by atoms with Crippen molar-refractivity contribution in [2.45, 2.75) is 6.92 Å². The molecule has 0 radical (unpaired) electrons. The van der Waals surface area contributed by atoms with E-state index >= 15 is 0 Å². The third-order valence-corrected chi connectivity index (χ3v) is 2.83. The van der Waals surface area contributed by atoms with Gasteiger partial charge in [-0.1, -0.05) is 0 Å². The number of nitrogens with zero attached hydrogens (tertiary/aromatic N) is 3. The lowest BCUT2D eigenvalue weighted by Gasteiger charge is -2.11. The Hall–Kier alpha value is -2.63. The molecular weight excluding hydrogens is 268 g/mol. The number of anilines is 1. The summed E-state index contributed by atoms with van der Waals surface area (Å²) in [5, 5.41) is 0. The van der Waals surface area contributed by atoms with Crippen LogP contribution in [0.3, 0.4) is 0 Å². The fraction of sp³-hybridized carbons (Fsp3) is 0.267. The molecule has 21 heavy (non-hydrogen) atoms. The van der Waals surface area contributed by atoms with Crippen molar-refractivity contribution >= 4 is 11.9 Å². The zero-order chi connectivity index (χ0) is 15.4. The Bertz CT molecular complexity index is 639. The first-order valence-corrected chi connectivity index (χ1v) is 6.60. The van der Waals surface area contributed by atoms with Crippen LogP contribution in [0.2, 0.25) is 0 Å². The van der Waals surface area contributed by atoms with Crippen LogP contribution in [0.15, 0.2) is 30.3 Å². The minimum Gasteiger partial charge on any atom is -0.494 e. The van der Waals surface area contributed by atoms with Crippen molar-refractivity contribution in [3.63, 3.8) is 0 Å². The molecule has 1 heterocycles. The second-order valence-electron chi connectivity index (χ2n) is 4.65. The van der Waals surface area contributed by atoms with Gasteiger partial charge < -0.3 is 15.4 Å². The molecule has 0 aliphatic carbocycles. The fourth-order valence-corrected chi connectivity index (χ4v) is 1.84. The minimum atomic E-state index is -0.212. The standard InChI is InChI=1S/C15H18N4O2/c1-4-21-11-7-5-10(6-8-11)12-9-13(14(20)19(2)3)18-15(16)17-12/h5-9H,4H2,1-3H3,(H2,16,17,18). The van der Waals surface area contributed by atoms with E-state index in [-0.39, 0.29) is 17.5 Å². The lowest BCUT2D eigenvalue weighted by atomic mass is 10.1. The largest absolute Gasteiger partial charge is 0.494 e. The molecule has 0 bridgehead atoms. The first-order valence-electron chi connectivity index (χ1n) is 6.60. The summed E-state index contributed by atoms with van der Waals surface area (Å²) in [7, 11) is 3.33. The van der Waals surface area contributed by atoms with Gasteiger partial charge in [-0.05, 0) is 37.3 Å². The highest BCUT2D eigenvalue weighted by Crippen LogP contribution is 2.22. The number of nitrogens with two attached hydrogens (primary N) is 1. The summed E-state index contributed by atoms with van der Waals surface area (Å²) in [5.41, 5.74) is 7.42. The van der Waals surface area contributed by atoms with Crippen LogP contribution in [0.5, 0.6) is 5.75 Å². The molecule has 110 valence electrons. The second-order valence-corrected chi connectivity index (χ2v) is 4.65. The molecule has 1 aromatic heterocycles. The Labute approximate surface area is 123 Å². The number of carbonyl (C=O) groups is 1. The van der Waals surface area contributed by atoms with Crippen LogP contribution in [-0.4, -0.2) is 41.5 Å². The van der Waals surface area contributed by atoms with Crippen LogP contribution in [0, 0.1) is 0 Å². The summed E-state index contributed by atoms with van der Waals surface area (Å²) < 4.78 is 5.40. The van der Waals surface area contributed by atoms with E-state index < -0.39 is 0 Å². The highest BCUT2D eigenvalue weighted by atomic mass is 16.5. The third-order valence-electron chi connectivity index (χ3n) is 2.83. The average Bonchev–Trinajstić information content (AvgIpc) is 2.47. The van der Waals surface area contributed by atoms with Crippen molar-refractivity contribution in [3.8, 4) is 17.0 Å². The van der Waals surface area contributed by atoms with E-state index in [1.807, 2.05) is 31.2 Å². The molecule has 0 aliphatic heterocycles. The molecule has 0 aliphatic rings. The first-order chi connectivity index (χ1) is 10.0. The van der Waals surface area contributed by atoms with Crippen molar-refractivity contribution in [2.24, 2.45) is 0 Å². The number of rotatable bonds is 4. The number of amides is 1. The Morgan fingerprint density at radius 3 is 2.48 bits per heavy atom. The monoisotopic (exact) mass is 286 g/mol. The number of hydrogen-bond donors (Lipinski definition) is 1. The predicted octanol–water partition coefficient (Wildman–Crippen LogP) is 1.83. The molecule has 1 amide bonds. The number of nitrogen functional groups attached to an aromatic ring is 1. The second kappa shape index (κ2) is 6.21. The van der Waals surface area contributed by atoms with E-state index in [9.17, 15) is 4.79 Å². The lowest BCUT2D eigenvalue weighted by Crippen LogP contribution is -2.23. The number of benzene rings is 1. The quantitative estimate of drug-likeness (QED) is 0.927. The molecule has 2 rings (SSSR count). The maximum atomic E-state index is 12.0. The molecule has 2 aromatic rings. The average molecular weight is 286 g/mol. The maximum Gasteiger partial charge on any atom is 0.272 e. The summed E-state index contributed by atoms with van der Waals surface area (Å²) in [4.78, 5) is 21.6. The van der Waals surface area contributed by atoms with Gasteiger partial charge in [-0.15, -0.1) is 0 Å². The smallest absolute Gasteiger partial charge is 0.272 e. The maximum absolute atomic E-state index is 12.0. The van der Waals surface area contributed by atoms with E-state index in [1.54, 1.807) is 20.2 Å². The Kier molecular flexibility index (Phi) is 4.37.